The molecule has 13 rings (SSSR count). The van der Waals surface area contributed by atoms with Crippen LogP contribution in [0, 0.1) is 0 Å². The topological polar surface area (TPSA) is 3.24 Å². The van der Waals surface area contributed by atoms with Crippen LogP contribution in [0.3, 0.4) is 0 Å². The number of rotatable bonds is 9. The number of anilines is 3. The summed E-state index contributed by atoms with van der Waals surface area (Å²) in [7, 11) is 0. The van der Waals surface area contributed by atoms with Crippen LogP contribution in [0.4, 0.5) is 17.1 Å². The van der Waals surface area contributed by atoms with Crippen LogP contribution < -0.4 is 4.90 Å². The SMILES string of the molecule is c1ccc(-c2ccc(-c3cccc(N(c4ccc(-c5cccc(-c6cccc7c6sc6ccccc67)c5)cc4)c4ccc(C5(c6ccccc6)c6ccccc6-c6ccccc65)cc4)c3)cc2)cc1. The Morgan fingerprint density at radius 3 is 1.42 bits per heavy atom. The fourth-order valence-corrected chi connectivity index (χ4v) is 12.2. The Kier molecular flexibility index (Phi) is 10.00. The lowest BCUT2D eigenvalue weighted by molar-refractivity contribution is 0.768. The predicted molar refractivity (Wildman–Crippen MR) is 293 cm³/mol. The number of thiophene rings is 1. The van der Waals surface area contributed by atoms with E-state index in [9.17, 15) is 0 Å². The van der Waals surface area contributed by atoms with Gasteiger partial charge in [-0.25, -0.2) is 0 Å². The first-order valence-electron chi connectivity index (χ1n) is 23.7. The first-order chi connectivity index (χ1) is 34.2. The van der Waals surface area contributed by atoms with Gasteiger partial charge in [0.25, 0.3) is 0 Å². The van der Waals surface area contributed by atoms with Crippen molar-refractivity contribution in [2.45, 2.75) is 5.41 Å². The zero-order valence-corrected chi connectivity index (χ0v) is 38.7. The van der Waals surface area contributed by atoms with E-state index in [0.717, 1.165) is 22.6 Å². The molecule has 2 heteroatoms. The van der Waals surface area contributed by atoms with Gasteiger partial charge in [0.2, 0.25) is 0 Å². The second kappa shape index (κ2) is 16.9. The van der Waals surface area contributed by atoms with Crippen molar-refractivity contribution in [2.75, 3.05) is 4.90 Å². The van der Waals surface area contributed by atoms with Crippen LogP contribution in [0.1, 0.15) is 22.3 Å². The van der Waals surface area contributed by atoms with Crippen LogP contribution in [-0.2, 0) is 5.41 Å². The normalized spacial score (nSPS) is 12.5. The number of benzene rings is 11. The van der Waals surface area contributed by atoms with Gasteiger partial charge in [-0.3, -0.25) is 0 Å². The van der Waals surface area contributed by atoms with Crippen molar-refractivity contribution in [3.05, 3.63) is 295 Å². The van der Waals surface area contributed by atoms with Gasteiger partial charge in [0.15, 0.2) is 0 Å². The average molecular weight is 896 g/mol. The number of fused-ring (bicyclic) bond motifs is 6. The monoisotopic (exact) mass is 895 g/mol. The van der Waals surface area contributed by atoms with E-state index < -0.39 is 5.41 Å². The maximum atomic E-state index is 2.40. The largest absolute Gasteiger partial charge is 0.310 e. The van der Waals surface area contributed by atoms with Gasteiger partial charge in [-0.15, -0.1) is 11.3 Å². The Morgan fingerprint density at radius 1 is 0.275 bits per heavy atom. The summed E-state index contributed by atoms with van der Waals surface area (Å²) in [5.74, 6) is 0. The molecule has 1 aromatic heterocycles. The van der Waals surface area contributed by atoms with Crippen molar-refractivity contribution in [1.82, 2.24) is 0 Å². The van der Waals surface area contributed by atoms with Gasteiger partial charge in [0.05, 0.1) is 5.41 Å². The molecule has 324 valence electrons. The van der Waals surface area contributed by atoms with Crippen molar-refractivity contribution >= 4 is 48.6 Å². The zero-order chi connectivity index (χ0) is 45.7. The smallest absolute Gasteiger partial charge is 0.0713 e. The van der Waals surface area contributed by atoms with Gasteiger partial charge in [0.1, 0.15) is 0 Å². The van der Waals surface area contributed by atoms with E-state index in [4.69, 9.17) is 0 Å². The molecular weight excluding hydrogens is 851 g/mol. The standard InChI is InChI=1S/C67H45NS/c1-3-16-46(17-4-1)47-32-34-48(35-33-47)51-19-14-23-57(45-51)68(55-40-36-49(37-41-55)50-18-13-20-52(44-50)58-27-15-28-62-61-26-9-12-31-65(61)69-66(58)62)56-42-38-54(39-43-56)67(53-21-5-2-6-22-53)63-29-10-7-24-59(63)60-25-8-11-30-64(60)67/h1-45H. The minimum Gasteiger partial charge on any atom is -0.310 e. The lowest BCUT2D eigenvalue weighted by atomic mass is 9.68. The molecule has 11 aromatic carbocycles. The van der Waals surface area contributed by atoms with Gasteiger partial charge in [0, 0.05) is 37.2 Å². The maximum absolute atomic E-state index is 2.40. The summed E-state index contributed by atoms with van der Waals surface area (Å²) in [5, 5.41) is 2.64. The van der Waals surface area contributed by atoms with Crippen molar-refractivity contribution in [3.63, 3.8) is 0 Å². The van der Waals surface area contributed by atoms with Crippen LogP contribution >= 0.6 is 11.3 Å². The van der Waals surface area contributed by atoms with Crippen LogP contribution in [0.25, 0.3) is 75.8 Å². The molecule has 0 bridgehead atoms. The van der Waals surface area contributed by atoms with Crippen molar-refractivity contribution in [1.29, 1.82) is 0 Å². The Labute approximate surface area is 407 Å². The molecule has 0 aliphatic heterocycles. The molecule has 0 unspecified atom stereocenters. The van der Waals surface area contributed by atoms with E-state index in [0.29, 0.717) is 0 Å². The summed E-state index contributed by atoms with van der Waals surface area (Å²) >= 11 is 1.88. The molecule has 1 heterocycles. The first-order valence-corrected chi connectivity index (χ1v) is 24.5. The second-order valence-corrected chi connectivity index (χ2v) is 19.0. The van der Waals surface area contributed by atoms with Crippen molar-refractivity contribution in [2.24, 2.45) is 0 Å². The summed E-state index contributed by atoms with van der Waals surface area (Å²) in [6.07, 6.45) is 0. The Balaban J connectivity index is 0.913. The maximum Gasteiger partial charge on any atom is 0.0713 e. The van der Waals surface area contributed by atoms with Gasteiger partial charge >= 0.3 is 0 Å². The van der Waals surface area contributed by atoms with Crippen LogP contribution in [0.15, 0.2) is 273 Å². The van der Waals surface area contributed by atoms with E-state index in [2.05, 4.69) is 278 Å². The molecular formula is C67H45NS. The molecule has 0 N–H and O–H groups in total. The highest BCUT2D eigenvalue weighted by Crippen LogP contribution is 2.56. The van der Waals surface area contributed by atoms with Crippen LogP contribution in [-0.4, -0.2) is 0 Å². The third-order valence-corrected chi connectivity index (χ3v) is 15.4. The molecule has 0 saturated carbocycles. The third kappa shape index (κ3) is 6.91. The van der Waals surface area contributed by atoms with Crippen molar-refractivity contribution in [3.8, 4) is 55.6 Å². The summed E-state index contributed by atoms with van der Waals surface area (Å²) in [5.41, 5.74) is 20.1. The van der Waals surface area contributed by atoms with E-state index >= 15 is 0 Å². The van der Waals surface area contributed by atoms with Crippen molar-refractivity contribution < 1.29 is 0 Å². The summed E-state index contributed by atoms with van der Waals surface area (Å²) < 4.78 is 2.65. The van der Waals surface area contributed by atoms with Gasteiger partial charge in [-0.1, -0.05) is 224 Å². The molecule has 12 aromatic rings. The summed E-state index contributed by atoms with van der Waals surface area (Å²) in [6.45, 7) is 0. The van der Waals surface area contributed by atoms with Gasteiger partial charge in [-0.05, 0) is 126 Å². The predicted octanol–water partition coefficient (Wildman–Crippen LogP) is 18.6. The number of hydrogen-bond acceptors (Lipinski definition) is 2. The Bertz CT molecular complexity index is 3770. The second-order valence-electron chi connectivity index (χ2n) is 18.0. The lowest BCUT2D eigenvalue weighted by Crippen LogP contribution is -2.28. The first kappa shape index (κ1) is 40.7. The fraction of sp³-hybridized carbons (Fsp3) is 0.0149. The summed E-state index contributed by atoms with van der Waals surface area (Å²) in [4.78, 5) is 2.40. The average Bonchev–Trinajstić information content (AvgIpc) is 3.96. The van der Waals surface area contributed by atoms with Gasteiger partial charge < -0.3 is 4.90 Å². The van der Waals surface area contributed by atoms with E-state index in [1.807, 2.05) is 11.3 Å². The van der Waals surface area contributed by atoms with E-state index in [1.165, 1.54) is 92.5 Å². The zero-order valence-electron chi connectivity index (χ0n) is 37.8. The molecule has 0 atom stereocenters. The highest BCUT2D eigenvalue weighted by Gasteiger charge is 2.45. The van der Waals surface area contributed by atoms with E-state index in [1.54, 1.807) is 0 Å². The molecule has 0 radical (unpaired) electrons. The summed E-state index contributed by atoms with van der Waals surface area (Å²) in [6, 6.07) is 100. The Morgan fingerprint density at radius 2 is 0.725 bits per heavy atom. The highest BCUT2D eigenvalue weighted by molar-refractivity contribution is 7.26. The van der Waals surface area contributed by atoms with Gasteiger partial charge in [-0.2, -0.15) is 0 Å². The number of nitrogens with zero attached hydrogens (tertiary/aromatic N) is 1. The molecule has 69 heavy (non-hydrogen) atoms. The quantitative estimate of drug-likeness (QED) is 0.140. The fourth-order valence-electron chi connectivity index (χ4n) is 11.0. The van der Waals surface area contributed by atoms with E-state index in [-0.39, 0.29) is 0 Å². The minimum absolute atomic E-state index is 0.470. The molecule has 0 spiro atoms. The molecule has 1 aliphatic rings. The van der Waals surface area contributed by atoms with Crippen LogP contribution in [0.5, 0.6) is 0 Å². The molecule has 1 nitrogen and oxygen atoms in total. The minimum atomic E-state index is -0.470. The molecule has 1 aliphatic carbocycles. The number of hydrogen-bond donors (Lipinski definition) is 0. The molecule has 0 fully saturated rings. The van der Waals surface area contributed by atoms with Crippen LogP contribution in [0.2, 0.25) is 0 Å². The molecule has 0 saturated heterocycles. The highest BCUT2D eigenvalue weighted by atomic mass is 32.1. The lowest BCUT2D eigenvalue weighted by Gasteiger charge is -2.34. The Hall–Kier alpha value is -8.56. The molecule has 0 amide bonds. The third-order valence-electron chi connectivity index (χ3n) is 14.2.